The summed E-state index contributed by atoms with van der Waals surface area (Å²) in [5.41, 5.74) is 6.84. The molecular weight excluding hydrogens is 527 g/mol. The van der Waals surface area contributed by atoms with Crippen LogP contribution in [-0.4, -0.2) is 24.2 Å². The van der Waals surface area contributed by atoms with Crippen molar-refractivity contribution in [3.63, 3.8) is 0 Å². The Labute approximate surface area is 234 Å². The third kappa shape index (κ3) is 6.69. The summed E-state index contributed by atoms with van der Waals surface area (Å²) in [5.74, 6) is 0.259. The zero-order valence-corrected chi connectivity index (χ0v) is 22.3. The largest absolute Gasteiger partial charge is 0.493 e. The van der Waals surface area contributed by atoms with E-state index in [1.807, 2.05) is 47.8 Å². The number of anilines is 2. The van der Waals surface area contributed by atoms with Crippen LogP contribution in [-0.2, 0) is 6.61 Å². The molecule has 0 saturated heterocycles. The predicted octanol–water partition coefficient (Wildman–Crippen LogP) is 7.04. The van der Waals surface area contributed by atoms with Gasteiger partial charge in [-0.2, -0.15) is 5.10 Å². The number of methoxy groups -OCH3 is 1. The number of nitrogens with one attached hydrogen (secondary N) is 2. The first-order chi connectivity index (χ1) is 19.6. The Morgan fingerprint density at radius 2 is 1.75 bits per heavy atom. The minimum absolute atomic E-state index is 0.0690. The van der Waals surface area contributed by atoms with Crippen molar-refractivity contribution in [2.75, 3.05) is 12.4 Å². The van der Waals surface area contributed by atoms with Gasteiger partial charge in [0.1, 0.15) is 12.4 Å². The monoisotopic (exact) mass is 552 g/mol. The Morgan fingerprint density at radius 3 is 2.52 bits per heavy atom. The van der Waals surface area contributed by atoms with E-state index in [2.05, 4.69) is 20.8 Å². The standard InChI is InChI=1S/C31H25FN4O3S/c1-38-29-17-21(11-16-28(29)39-19-24-7-5-6-10-26(24)32)18-33-36-30(37)23-14-12-22(13-15-23)27-20-40-31(35-27)34-25-8-3-2-4-9-25/h2-18,20H,19H2,1H3,(H,34,35)(H,36,37)/b33-18-. The van der Waals surface area contributed by atoms with Crippen molar-refractivity contribution in [3.05, 3.63) is 125 Å². The normalized spacial score (nSPS) is 10.8. The van der Waals surface area contributed by atoms with Gasteiger partial charge in [0.2, 0.25) is 0 Å². The zero-order chi connectivity index (χ0) is 27.7. The van der Waals surface area contributed by atoms with Gasteiger partial charge in [0.15, 0.2) is 16.6 Å². The Hall–Kier alpha value is -5.02. The van der Waals surface area contributed by atoms with E-state index in [-0.39, 0.29) is 18.3 Å². The van der Waals surface area contributed by atoms with Crippen LogP contribution in [0.4, 0.5) is 15.2 Å². The predicted molar refractivity (Wildman–Crippen MR) is 156 cm³/mol. The number of nitrogens with zero attached hydrogens (tertiary/aromatic N) is 2. The Kier molecular flexibility index (Phi) is 8.43. The van der Waals surface area contributed by atoms with Crippen molar-refractivity contribution in [2.24, 2.45) is 5.10 Å². The van der Waals surface area contributed by atoms with E-state index in [4.69, 9.17) is 9.47 Å². The van der Waals surface area contributed by atoms with Crippen LogP contribution in [0.3, 0.4) is 0 Å². The van der Waals surface area contributed by atoms with Gasteiger partial charge in [-0.1, -0.05) is 48.5 Å². The fourth-order valence-electron chi connectivity index (χ4n) is 3.79. The number of halogens is 1. The molecule has 0 radical (unpaired) electrons. The topological polar surface area (TPSA) is 84.8 Å². The van der Waals surface area contributed by atoms with Crippen molar-refractivity contribution in [3.8, 4) is 22.8 Å². The Morgan fingerprint density at radius 1 is 0.975 bits per heavy atom. The molecule has 0 aliphatic carbocycles. The van der Waals surface area contributed by atoms with Gasteiger partial charge in [0.05, 0.1) is 19.0 Å². The summed E-state index contributed by atoms with van der Waals surface area (Å²) in [6.07, 6.45) is 1.51. The minimum Gasteiger partial charge on any atom is -0.493 e. The number of amides is 1. The first kappa shape index (κ1) is 26.6. The van der Waals surface area contributed by atoms with Crippen LogP contribution in [0.2, 0.25) is 0 Å². The summed E-state index contributed by atoms with van der Waals surface area (Å²) in [7, 11) is 1.52. The molecule has 1 aromatic heterocycles. The lowest BCUT2D eigenvalue weighted by Gasteiger charge is -2.11. The number of aromatic nitrogens is 1. The van der Waals surface area contributed by atoms with Crippen LogP contribution in [0.25, 0.3) is 11.3 Å². The van der Waals surface area contributed by atoms with Crippen molar-refractivity contribution < 1.29 is 18.7 Å². The number of hydrazone groups is 1. The van der Waals surface area contributed by atoms with E-state index in [1.54, 1.807) is 48.5 Å². The molecule has 4 aromatic carbocycles. The van der Waals surface area contributed by atoms with Gasteiger partial charge in [-0.15, -0.1) is 11.3 Å². The lowest BCUT2D eigenvalue weighted by molar-refractivity contribution is 0.0955. The van der Waals surface area contributed by atoms with Crippen LogP contribution in [0.15, 0.2) is 108 Å². The molecule has 1 heterocycles. The van der Waals surface area contributed by atoms with E-state index in [9.17, 15) is 9.18 Å². The summed E-state index contributed by atoms with van der Waals surface area (Å²) in [6, 6.07) is 28.6. The fraction of sp³-hybridized carbons (Fsp3) is 0.0645. The average Bonchev–Trinajstić information content (AvgIpc) is 3.46. The second-order valence-corrected chi connectivity index (χ2v) is 9.45. The molecule has 1 amide bonds. The highest BCUT2D eigenvalue weighted by molar-refractivity contribution is 7.14. The molecule has 5 rings (SSSR count). The third-order valence-corrected chi connectivity index (χ3v) is 6.64. The summed E-state index contributed by atoms with van der Waals surface area (Å²) >= 11 is 1.51. The van der Waals surface area contributed by atoms with Gasteiger partial charge >= 0.3 is 0 Å². The molecular formula is C31H25FN4O3S. The Balaban J connectivity index is 1.16. The molecule has 0 aliphatic heterocycles. The average molecular weight is 553 g/mol. The smallest absolute Gasteiger partial charge is 0.271 e. The van der Waals surface area contributed by atoms with Crippen LogP contribution < -0.4 is 20.2 Å². The molecule has 0 spiro atoms. The molecule has 200 valence electrons. The molecule has 7 nitrogen and oxygen atoms in total. The molecule has 0 saturated carbocycles. The lowest BCUT2D eigenvalue weighted by Crippen LogP contribution is -2.17. The fourth-order valence-corrected chi connectivity index (χ4v) is 4.53. The summed E-state index contributed by atoms with van der Waals surface area (Å²) < 4.78 is 25.0. The number of para-hydroxylation sites is 1. The van der Waals surface area contributed by atoms with Gasteiger partial charge in [-0.3, -0.25) is 4.79 Å². The number of hydrogen-bond acceptors (Lipinski definition) is 7. The van der Waals surface area contributed by atoms with Gasteiger partial charge in [0, 0.05) is 27.8 Å². The second kappa shape index (κ2) is 12.7. The van der Waals surface area contributed by atoms with Crippen LogP contribution >= 0.6 is 11.3 Å². The molecule has 40 heavy (non-hydrogen) atoms. The SMILES string of the molecule is COc1cc(/C=N\NC(=O)c2ccc(-c3csc(Nc4ccccc4)n3)cc2)ccc1OCc1ccccc1F. The quantitative estimate of drug-likeness (QED) is 0.143. The molecule has 5 aromatic rings. The van der Waals surface area contributed by atoms with Crippen molar-refractivity contribution in [1.82, 2.24) is 10.4 Å². The van der Waals surface area contributed by atoms with Gasteiger partial charge in [-0.05, 0) is 54.1 Å². The maximum atomic E-state index is 13.9. The molecule has 9 heteroatoms. The number of hydrogen-bond donors (Lipinski definition) is 2. The first-order valence-electron chi connectivity index (χ1n) is 12.3. The van der Waals surface area contributed by atoms with Crippen LogP contribution in [0.1, 0.15) is 21.5 Å². The second-order valence-electron chi connectivity index (χ2n) is 8.60. The van der Waals surface area contributed by atoms with Gasteiger partial charge in [0.25, 0.3) is 5.91 Å². The van der Waals surface area contributed by atoms with E-state index < -0.39 is 0 Å². The third-order valence-electron chi connectivity index (χ3n) is 5.88. The minimum atomic E-state index is -0.343. The number of benzene rings is 4. The van der Waals surface area contributed by atoms with Crippen molar-refractivity contribution >= 4 is 34.3 Å². The first-order valence-corrected chi connectivity index (χ1v) is 13.2. The molecule has 0 fully saturated rings. The van der Waals surface area contributed by atoms with Gasteiger partial charge < -0.3 is 14.8 Å². The summed E-state index contributed by atoms with van der Waals surface area (Å²) in [4.78, 5) is 17.2. The maximum Gasteiger partial charge on any atom is 0.271 e. The Bertz CT molecular complexity index is 1620. The number of ether oxygens (including phenoxy) is 2. The van der Waals surface area contributed by atoms with Crippen LogP contribution in [0.5, 0.6) is 11.5 Å². The van der Waals surface area contributed by atoms with Crippen LogP contribution in [0, 0.1) is 5.82 Å². The molecule has 2 N–H and O–H groups in total. The summed E-state index contributed by atoms with van der Waals surface area (Å²) in [5, 5.41) is 10.1. The molecule has 0 aliphatic rings. The van der Waals surface area contributed by atoms with E-state index in [0.29, 0.717) is 28.2 Å². The van der Waals surface area contributed by atoms with E-state index >= 15 is 0 Å². The van der Waals surface area contributed by atoms with E-state index in [1.165, 1.54) is 30.7 Å². The van der Waals surface area contributed by atoms with Gasteiger partial charge in [-0.25, -0.2) is 14.8 Å². The highest BCUT2D eigenvalue weighted by Gasteiger charge is 2.10. The van der Waals surface area contributed by atoms with Crippen molar-refractivity contribution in [2.45, 2.75) is 6.61 Å². The number of thiazole rings is 1. The molecule has 0 bridgehead atoms. The zero-order valence-electron chi connectivity index (χ0n) is 21.5. The highest BCUT2D eigenvalue weighted by Crippen LogP contribution is 2.29. The number of rotatable bonds is 10. The molecule has 0 unspecified atom stereocenters. The highest BCUT2D eigenvalue weighted by atomic mass is 32.1. The number of carbonyl (C=O) groups is 1. The molecule has 0 atom stereocenters. The number of carbonyl (C=O) groups excluding carboxylic acids is 1. The summed E-state index contributed by atoms with van der Waals surface area (Å²) in [6.45, 7) is 0.0690. The maximum absolute atomic E-state index is 13.9. The lowest BCUT2D eigenvalue weighted by atomic mass is 10.1. The van der Waals surface area contributed by atoms with Crippen molar-refractivity contribution in [1.29, 1.82) is 0 Å². The van der Waals surface area contributed by atoms with E-state index in [0.717, 1.165) is 22.1 Å².